The molecule has 18 heavy (non-hydrogen) atoms. The molecule has 0 radical (unpaired) electrons. The normalized spacial score (nSPS) is 26.4. The van der Waals surface area contributed by atoms with Gasteiger partial charge in [-0.1, -0.05) is 0 Å². The largest absolute Gasteiger partial charge is 0.375 e. The van der Waals surface area contributed by atoms with E-state index in [0.717, 1.165) is 0 Å². The molecule has 0 aromatic carbocycles. The van der Waals surface area contributed by atoms with E-state index in [1.807, 2.05) is 13.8 Å². The zero-order chi connectivity index (χ0) is 13.3. The van der Waals surface area contributed by atoms with Gasteiger partial charge in [0.05, 0.1) is 17.6 Å². The Morgan fingerprint density at radius 2 is 2.28 bits per heavy atom. The second-order valence-corrected chi connectivity index (χ2v) is 6.52. The summed E-state index contributed by atoms with van der Waals surface area (Å²) < 4.78 is 31.9. The molecule has 0 amide bonds. The second-order valence-electron chi connectivity index (χ2n) is 4.63. The third kappa shape index (κ3) is 2.44. The van der Waals surface area contributed by atoms with Crippen LogP contribution in [0.1, 0.15) is 19.5 Å². The van der Waals surface area contributed by atoms with Crippen LogP contribution in [0, 0.1) is 0 Å². The van der Waals surface area contributed by atoms with Crippen LogP contribution in [0.15, 0.2) is 17.2 Å². The van der Waals surface area contributed by atoms with Crippen molar-refractivity contribution < 1.29 is 13.2 Å². The van der Waals surface area contributed by atoms with Crippen molar-refractivity contribution in [2.75, 3.05) is 13.2 Å². The first-order valence-corrected chi connectivity index (χ1v) is 7.40. The third-order valence-corrected chi connectivity index (χ3v) is 5.05. The Balaban J connectivity index is 2.29. The van der Waals surface area contributed by atoms with Crippen LogP contribution in [-0.4, -0.2) is 43.0 Å². The van der Waals surface area contributed by atoms with Gasteiger partial charge < -0.3 is 15.5 Å². The van der Waals surface area contributed by atoms with E-state index in [1.54, 1.807) is 6.07 Å². The zero-order valence-corrected chi connectivity index (χ0v) is 11.4. The van der Waals surface area contributed by atoms with Gasteiger partial charge in [0, 0.05) is 31.0 Å². The zero-order valence-electron chi connectivity index (χ0n) is 10.6. The van der Waals surface area contributed by atoms with Crippen molar-refractivity contribution in [2.24, 2.45) is 5.73 Å². The van der Waals surface area contributed by atoms with Crippen molar-refractivity contribution in [2.45, 2.75) is 37.4 Å². The van der Waals surface area contributed by atoms with Crippen LogP contribution >= 0.6 is 0 Å². The molecule has 7 heteroatoms. The van der Waals surface area contributed by atoms with Crippen LogP contribution in [0.2, 0.25) is 0 Å². The highest BCUT2D eigenvalue weighted by Gasteiger charge is 2.34. The molecular weight excluding hydrogens is 254 g/mol. The molecule has 2 heterocycles. The van der Waals surface area contributed by atoms with Gasteiger partial charge in [0.1, 0.15) is 0 Å². The Kier molecular flexibility index (Phi) is 3.76. The van der Waals surface area contributed by atoms with Gasteiger partial charge in [0.15, 0.2) is 0 Å². The van der Waals surface area contributed by atoms with Gasteiger partial charge in [-0.3, -0.25) is 0 Å². The first-order valence-electron chi connectivity index (χ1n) is 5.96. The molecule has 0 aliphatic carbocycles. The monoisotopic (exact) mass is 273 g/mol. The summed E-state index contributed by atoms with van der Waals surface area (Å²) in [4.78, 5) is 3.13. The number of morpholine rings is 1. The summed E-state index contributed by atoms with van der Waals surface area (Å²) in [6.45, 7) is 4.82. The summed E-state index contributed by atoms with van der Waals surface area (Å²) in [6.07, 6.45) is 1.41. The number of hydrogen-bond donors (Lipinski definition) is 2. The summed E-state index contributed by atoms with van der Waals surface area (Å²) in [7, 11) is -3.47. The molecule has 1 aliphatic rings. The molecule has 102 valence electrons. The molecule has 1 saturated heterocycles. The van der Waals surface area contributed by atoms with Crippen LogP contribution in [0.3, 0.4) is 0 Å². The van der Waals surface area contributed by atoms with Crippen molar-refractivity contribution in [1.29, 1.82) is 0 Å². The summed E-state index contributed by atoms with van der Waals surface area (Å²) in [5.41, 5.74) is 6.19. The van der Waals surface area contributed by atoms with E-state index in [-0.39, 0.29) is 17.0 Å². The predicted octanol–water partition coefficient (Wildman–Crippen LogP) is 0.271. The lowest BCUT2D eigenvalue weighted by Gasteiger charge is -2.35. The predicted molar refractivity (Wildman–Crippen MR) is 67.5 cm³/mol. The number of nitrogens with one attached hydrogen (secondary N) is 1. The molecule has 0 spiro atoms. The van der Waals surface area contributed by atoms with E-state index < -0.39 is 10.0 Å². The van der Waals surface area contributed by atoms with Crippen LogP contribution < -0.4 is 5.73 Å². The van der Waals surface area contributed by atoms with Gasteiger partial charge in [0.2, 0.25) is 10.0 Å². The number of nitrogens with zero attached hydrogens (tertiary/aromatic N) is 1. The molecule has 2 unspecified atom stereocenters. The number of aromatic amines is 1. The SMILES string of the molecule is CC1CN(S(=O)(=O)c2c[nH]c(CN)c2)C(C)CO1. The van der Waals surface area contributed by atoms with E-state index in [0.29, 0.717) is 25.4 Å². The first-order chi connectivity index (χ1) is 8.45. The van der Waals surface area contributed by atoms with Crippen molar-refractivity contribution >= 4 is 10.0 Å². The highest BCUT2D eigenvalue weighted by Crippen LogP contribution is 2.22. The molecule has 6 nitrogen and oxygen atoms in total. The maximum Gasteiger partial charge on any atom is 0.244 e. The standard InChI is InChI=1S/C11H19N3O3S/c1-8-7-17-9(2)6-14(8)18(15,16)11-3-10(4-12)13-5-11/h3,5,8-9,13H,4,6-7,12H2,1-2H3. The van der Waals surface area contributed by atoms with Crippen LogP contribution in [0.5, 0.6) is 0 Å². The summed E-state index contributed by atoms with van der Waals surface area (Å²) in [5.74, 6) is 0. The van der Waals surface area contributed by atoms with Crippen molar-refractivity contribution in [3.8, 4) is 0 Å². The Labute approximate surface area is 107 Å². The maximum atomic E-state index is 12.5. The average molecular weight is 273 g/mol. The lowest BCUT2D eigenvalue weighted by Crippen LogP contribution is -2.49. The Morgan fingerprint density at radius 1 is 1.56 bits per heavy atom. The molecule has 1 aliphatic heterocycles. The molecule has 0 bridgehead atoms. The number of sulfonamides is 1. The van der Waals surface area contributed by atoms with Gasteiger partial charge in [-0.05, 0) is 19.9 Å². The fraction of sp³-hybridized carbons (Fsp3) is 0.636. The number of nitrogens with two attached hydrogens (primary N) is 1. The minimum absolute atomic E-state index is 0.0797. The van der Waals surface area contributed by atoms with Crippen LogP contribution in [0.25, 0.3) is 0 Å². The average Bonchev–Trinajstić information content (AvgIpc) is 2.81. The summed E-state index contributed by atoms with van der Waals surface area (Å²) in [5, 5.41) is 0. The molecule has 2 atom stereocenters. The number of aromatic nitrogens is 1. The fourth-order valence-electron chi connectivity index (χ4n) is 2.03. The third-order valence-electron chi connectivity index (χ3n) is 3.09. The Hall–Kier alpha value is -0.890. The first kappa shape index (κ1) is 13.5. The van der Waals surface area contributed by atoms with Gasteiger partial charge in [-0.2, -0.15) is 4.31 Å². The van der Waals surface area contributed by atoms with Gasteiger partial charge in [-0.15, -0.1) is 0 Å². The lowest BCUT2D eigenvalue weighted by molar-refractivity contribution is -0.0170. The molecule has 1 fully saturated rings. The van der Waals surface area contributed by atoms with Crippen molar-refractivity contribution in [3.05, 3.63) is 18.0 Å². The lowest BCUT2D eigenvalue weighted by atomic mass is 10.2. The molecule has 3 N–H and O–H groups in total. The fourth-order valence-corrected chi connectivity index (χ4v) is 3.74. The smallest absolute Gasteiger partial charge is 0.244 e. The van der Waals surface area contributed by atoms with E-state index in [2.05, 4.69) is 4.98 Å². The van der Waals surface area contributed by atoms with Crippen LogP contribution in [0.4, 0.5) is 0 Å². The number of H-pyrrole nitrogens is 1. The highest BCUT2D eigenvalue weighted by atomic mass is 32.2. The van der Waals surface area contributed by atoms with E-state index in [1.165, 1.54) is 10.5 Å². The topological polar surface area (TPSA) is 88.4 Å². The van der Waals surface area contributed by atoms with E-state index in [9.17, 15) is 8.42 Å². The maximum absolute atomic E-state index is 12.5. The van der Waals surface area contributed by atoms with Gasteiger partial charge in [0.25, 0.3) is 0 Å². The van der Waals surface area contributed by atoms with Crippen LogP contribution in [-0.2, 0) is 21.3 Å². The van der Waals surface area contributed by atoms with Crippen molar-refractivity contribution in [3.63, 3.8) is 0 Å². The Bertz CT molecular complexity index is 511. The molecule has 0 saturated carbocycles. The highest BCUT2D eigenvalue weighted by molar-refractivity contribution is 7.89. The second kappa shape index (κ2) is 5.00. The quantitative estimate of drug-likeness (QED) is 0.827. The summed E-state index contributed by atoms with van der Waals surface area (Å²) >= 11 is 0. The minimum Gasteiger partial charge on any atom is -0.375 e. The minimum atomic E-state index is -3.47. The number of rotatable bonds is 3. The van der Waals surface area contributed by atoms with E-state index >= 15 is 0 Å². The summed E-state index contributed by atoms with van der Waals surface area (Å²) in [6, 6.07) is 1.43. The molecule has 2 rings (SSSR count). The molecule has 1 aromatic rings. The van der Waals surface area contributed by atoms with Gasteiger partial charge >= 0.3 is 0 Å². The Morgan fingerprint density at radius 3 is 2.89 bits per heavy atom. The molecular formula is C11H19N3O3S. The van der Waals surface area contributed by atoms with E-state index in [4.69, 9.17) is 10.5 Å². The van der Waals surface area contributed by atoms with Crippen molar-refractivity contribution in [1.82, 2.24) is 9.29 Å². The number of ether oxygens (including phenoxy) is 1. The number of hydrogen-bond acceptors (Lipinski definition) is 4. The van der Waals surface area contributed by atoms with Gasteiger partial charge in [-0.25, -0.2) is 8.42 Å². The molecule has 1 aromatic heterocycles.